The van der Waals surface area contributed by atoms with Crippen LogP contribution in [0.5, 0.6) is 0 Å². The van der Waals surface area contributed by atoms with Gasteiger partial charge in [-0.05, 0) is 42.8 Å². The highest BCUT2D eigenvalue weighted by atomic mass is 35.5. The van der Waals surface area contributed by atoms with Gasteiger partial charge in [-0.1, -0.05) is 24.6 Å². The minimum Gasteiger partial charge on any atom is -0.325 e. The van der Waals surface area contributed by atoms with Gasteiger partial charge in [-0.3, -0.25) is 9.52 Å². The van der Waals surface area contributed by atoms with Crippen molar-refractivity contribution in [2.24, 2.45) is 0 Å². The number of fused-ring (bicyclic) bond motifs is 1. The highest BCUT2D eigenvalue weighted by Crippen LogP contribution is 2.36. The Labute approximate surface area is 156 Å². The van der Waals surface area contributed by atoms with Crippen LogP contribution in [0.25, 0.3) is 0 Å². The smallest absolute Gasteiger partial charge is 0.261 e. The van der Waals surface area contributed by atoms with Crippen LogP contribution in [0.3, 0.4) is 0 Å². The van der Waals surface area contributed by atoms with Crippen molar-refractivity contribution >= 4 is 50.7 Å². The maximum atomic E-state index is 12.7. The van der Waals surface area contributed by atoms with Crippen LogP contribution in [0.1, 0.15) is 18.9 Å². The third-order valence-corrected chi connectivity index (χ3v) is 6.80. The van der Waals surface area contributed by atoms with Gasteiger partial charge in [0, 0.05) is 21.6 Å². The van der Waals surface area contributed by atoms with E-state index in [1.54, 1.807) is 43.0 Å². The second-order valence-corrected chi connectivity index (χ2v) is 9.43. The molecule has 5 nitrogen and oxygen atoms in total. The fraction of sp³-hybridized carbons (Fsp3) is 0.235. The molecule has 0 saturated heterocycles. The Morgan fingerprint density at radius 3 is 2.80 bits per heavy atom. The molecule has 1 amide bonds. The van der Waals surface area contributed by atoms with Gasteiger partial charge in [0.2, 0.25) is 5.91 Å². The van der Waals surface area contributed by atoms with Crippen molar-refractivity contribution in [2.45, 2.75) is 35.3 Å². The first kappa shape index (κ1) is 18.1. The van der Waals surface area contributed by atoms with Crippen LogP contribution < -0.4 is 10.0 Å². The van der Waals surface area contributed by atoms with Crippen LogP contribution in [-0.2, 0) is 14.8 Å². The van der Waals surface area contributed by atoms with Gasteiger partial charge in [-0.2, -0.15) is 0 Å². The second-order valence-electron chi connectivity index (χ2n) is 5.86. The highest BCUT2D eigenvalue weighted by molar-refractivity contribution is 8.00. The molecular weight excluding hydrogens is 380 g/mol. The first-order chi connectivity index (χ1) is 11.8. The molecule has 25 heavy (non-hydrogen) atoms. The van der Waals surface area contributed by atoms with Crippen LogP contribution in [0.4, 0.5) is 11.4 Å². The summed E-state index contributed by atoms with van der Waals surface area (Å²) < 4.78 is 28.0. The second kappa shape index (κ2) is 6.90. The molecular formula is C17H17ClN2O3S2. The van der Waals surface area contributed by atoms with E-state index in [0.717, 1.165) is 4.90 Å². The monoisotopic (exact) mass is 396 g/mol. The summed E-state index contributed by atoms with van der Waals surface area (Å²) in [4.78, 5) is 12.8. The van der Waals surface area contributed by atoms with E-state index < -0.39 is 10.0 Å². The molecule has 0 radical (unpaired) electrons. The summed E-state index contributed by atoms with van der Waals surface area (Å²) in [5.41, 5.74) is 1.60. The summed E-state index contributed by atoms with van der Waals surface area (Å²) in [6.07, 6.45) is 0.390. The number of carbonyl (C=O) groups is 1. The number of rotatable bonds is 3. The average molecular weight is 397 g/mol. The summed E-state index contributed by atoms with van der Waals surface area (Å²) in [5.74, 6) is -0.119. The van der Waals surface area contributed by atoms with E-state index in [1.165, 1.54) is 12.1 Å². The fourth-order valence-electron chi connectivity index (χ4n) is 2.52. The summed E-state index contributed by atoms with van der Waals surface area (Å²) in [7, 11) is -3.80. The zero-order valence-corrected chi connectivity index (χ0v) is 16.1. The van der Waals surface area contributed by atoms with Gasteiger partial charge in [-0.25, -0.2) is 8.42 Å². The van der Waals surface area contributed by atoms with Crippen molar-refractivity contribution in [3.05, 3.63) is 47.0 Å². The Bertz CT molecular complexity index is 945. The largest absolute Gasteiger partial charge is 0.325 e. The number of hydrogen-bond donors (Lipinski definition) is 2. The number of anilines is 2. The molecule has 132 valence electrons. The number of thioether (sulfide) groups is 1. The van der Waals surface area contributed by atoms with Crippen LogP contribution in [0.2, 0.25) is 5.02 Å². The molecule has 3 rings (SSSR count). The Morgan fingerprint density at radius 1 is 1.28 bits per heavy atom. The van der Waals surface area contributed by atoms with Gasteiger partial charge in [0.25, 0.3) is 10.0 Å². The molecule has 0 spiro atoms. The molecule has 8 heteroatoms. The molecule has 2 aromatic carbocycles. The first-order valence-corrected chi connectivity index (χ1v) is 10.4. The third kappa shape index (κ3) is 3.94. The van der Waals surface area contributed by atoms with Gasteiger partial charge >= 0.3 is 0 Å². The highest BCUT2D eigenvalue weighted by Gasteiger charge is 2.22. The number of benzene rings is 2. The molecule has 0 aromatic heterocycles. The number of nitrogens with one attached hydrogen (secondary N) is 2. The van der Waals surface area contributed by atoms with E-state index in [1.807, 2.05) is 6.92 Å². The van der Waals surface area contributed by atoms with E-state index in [2.05, 4.69) is 10.0 Å². The molecule has 2 aromatic rings. The van der Waals surface area contributed by atoms with Gasteiger partial charge < -0.3 is 5.32 Å². The maximum Gasteiger partial charge on any atom is 0.261 e. The molecule has 0 bridgehead atoms. The van der Waals surface area contributed by atoms with E-state index >= 15 is 0 Å². The predicted octanol–water partition coefficient (Wildman–Crippen LogP) is 4.27. The molecule has 0 saturated carbocycles. The third-order valence-electron chi connectivity index (χ3n) is 3.85. The minimum atomic E-state index is -3.80. The first-order valence-electron chi connectivity index (χ1n) is 7.65. The van der Waals surface area contributed by atoms with Gasteiger partial charge in [-0.15, -0.1) is 11.8 Å². The molecule has 2 N–H and O–H groups in total. The summed E-state index contributed by atoms with van der Waals surface area (Å²) in [6, 6.07) is 9.79. The van der Waals surface area contributed by atoms with Gasteiger partial charge in [0.1, 0.15) is 0 Å². The molecule has 1 heterocycles. The number of carbonyl (C=O) groups excluding carboxylic acids is 1. The van der Waals surface area contributed by atoms with E-state index in [4.69, 9.17) is 11.6 Å². The maximum absolute atomic E-state index is 12.7. The van der Waals surface area contributed by atoms with Gasteiger partial charge in [0.15, 0.2) is 0 Å². The lowest BCUT2D eigenvalue weighted by Gasteiger charge is -2.13. The Morgan fingerprint density at radius 2 is 2.04 bits per heavy atom. The van der Waals surface area contributed by atoms with Crippen LogP contribution in [-0.4, -0.2) is 19.6 Å². The quantitative estimate of drug-likeness (QED) is 0.812. The van der Waals surface area contributed by atoms with E-state index in [9.17, 15) is 13.2 Å². The Kier molecular flexibility index (Phi) is 4.99. The molecule has 1 aliphatic rings. The van der Waals surface area contributed by atoms with Crippen molar-refractivity contribution in [2.75, 3.05) is 10.0 Å². The van der Waals surface area contributed by atoms with Crippen molar-refractivity contribution < 1.29 is 13.2 Å². The van der Waals surface area contributed by atoms with Crippen molar-refractivity contribution in [1.82, 2.24) is 0 Å². The SMILES string of the molecule is Cc1c(Cl)cccc1NS(=O)(=O)c1ccc2c(c1)NC(=O)C[C@@H](C)S2. The number of hydrogen-bond acceptors (Lipinski definition) is 4. The van der Waals surface area contributed by atoms with E-state index in [0.29, 0.717) is 28.4 Å². The molecule has 0 aliphatic carbocycles. The fourth-order valence-corrected chi connectivity index (χ4v) is 4.89. The number of sulfonamides is 1. The molecule has 0 unspecified atom stereocenters. The average Bonchev–Trinajstić information content (AvgIpc) is 2.67. The Balaban J connectivity index is 1.96. The predicted molar refractivity (Wildman–Crippen MR) is 102 cm³/mol. The number of amides is 1. The van der Waals surface area contributed by atoms with Crippen molar-refractivity contribution in [3.63, 3.8) is 0 Å². The standard InChI is InChI=1S/C17H17ClN2O3S2/c1-10-8-17(21)19-15-9-12(6-7-16(15)24-10)25(22,23)20-14-5-3-4-13(18)11(14)2/h3-7,9-10,20H,8H2,1-2H3,(H,19,21)/t10-/m1/s1. The summed E-state index contributed by atoms with van der Waals surface area (Å²) in [5, 5.41) is 3.40. The molecule has 0 fully saturated rings. The van der Waals surface area contributed by atoms with E-state index in [-0.39, 0.29) is 16.1 Å². The zero-order chi connectivity index (χ0) is 18.2. The summed E-state index contributed by atoms with van der Waals surface area (Å²) >= 11 is 7.59. The topological polar surface area (TPSA) is 75.3 Å². The minimum absolute atomic E-state index is 0.0843. The Hall–Kier alpha value is -1.70. The normalized spacial score (nSPS) is 17.4. The van der Waals surface area contributed by atoms with Crippen LogP contribution in [0.15, 0.2) is 46.2 Å². The number of halogens is 1. The van der Waals surface area contributed by atoms with Gasteiger partial charge in [0.05, 0.1) is 16.3 Å². The molecule has 1 aliphatic heterocycles. The van der Waals surface area contributed by atoms with Crippen molar-refractivity contribution in [3.8, 4) is 0 Å². The van der Waals surface area contributed by atoms with Crippen molar-refractivity contribution in [1.29, 1.82) is 0 Å². The van der Waals surface area contributed by atoms with Crippen LogP contribution in [0, 0.1) is 6.92 Å². The lowest BCUT2D eigenvalue weighted by atomic mass is 10.2. The van der Waals surface area contributed by atoms with Crippen LogP contribution >= 0.6 is 23.4 Å². The lowest BCUT2D eigenvalue weighted by Crippen LogP contribution is -2.15. The lowest BCUT2D eigenvalue weighted by molar-refractivity contribution is -0.116. The molecule has 1 atom stereocenters. The zero-order valence-electron chi connectivity index (χ0n) is 13.7. The summed E-state index contributed by atoms with van der Waals surface area (Å²) in [6.45, 7) is 3.71.